The highest BCUT2D eigenvalue weighted by Gasteiger charge is 2.10. The van der Waals surface area contributed by atoms with Crippen molar-refractivity contribution in [2.75, 3.05) is 13.2 Å². The monoisotopic (exact) mass is 181 g/mol. The highest BCUT2D eigenvalue weighted by Crippen LogP contribution is 2.01. The maximum atomic E-state index is 11.3. The van der Waals surface area contributed by atoms with Crippen LogP contribution in [0.3, 0.4) is 0 Å². The molecule has 1 aliphatic rings. The van der Waals surface area contributed by atoms with E-state index in [-0.39, 0.29) is 6.09 Å². The fourth-order valence-corrected chi connectivity index (χ4v) is 0.990. The molecule has 0 N–H and O–H groups in total. The Morgan fingerprint density at radius 1 is 1.54 bits per heavy atom. The molecule has 0 spiro atoms. The number of allylic oxidation sites excluding steroid dienone is 2. The normalized spacial score (nSPS) is 14.7. The summed E-state index contributed by atoms with van der Waals surface area (Å²) in [5, 5.41) is 0. The van der Waals surface area contributed by atoms with Gasteiger partial charge in [0, 0.05) is 12.7 Å². The molecule has 0 aromatic heterocycles. The highest BCUT2D eigenvalue weighted by atomic mass is 16.6. The van der Waals surface area contributed by atoms with E-state index < -0.39 is 0 Å². The van der Waals surface area contributed by atoms with E-state index in [0.29, 0.717) is 13.2 Å². The third-order valence-electron chi connectivity index (χ3n) is 1.77. The van der Waals surface area contributed by atoms with Gasteiger partial charge in [0.25, 0.3) is 0 Å². The fourth-order valence-electron chi connectivity index (χ4n) is 0.990. The minimum Gasteiger partial charge on any atom is -0.449 e. The highest BCUT2D eigenvalue weighted by molar-refractivity contribution is 5.69. The van der Waals surface area contributed by atoms with Gasteiger partial charge in [-0.1, -0.05) is 25.5 Å². The Labute approximate surface area is 78.7 Å². The van der Waals surface area contributed by atoms with Gasteiger partial charge in [-0.15, -0.1) is 0 Å². The van der Waals surface area contributed by atoms with Crippen LogP contribution in [0.15, 0.2) is 24.4 Å². The molecule has 3 nitrogen and oxygen atoms in total. The average molecular weight is 181 g/mol. The van der Waals surface area contributed by atoms with Crippen LogP contribution >= 0.6 is 0 Å². The zero-order chi connectivity index (χ0) is 9.52. The molecule has 0 bridgehead atoms. The summed E-state index contributed by atoms with van der Waals surface area (Å²) < 4.78 is 5.02. The van der Waals surface area contributed by atoms with E-state index in [1.54, 1.807) is 11.1 Å². The third kappa shape index (κ3) is 3.32. The molecular formula is C10H15NO2. The molecule has 0 saturated heterocycles. The topological polar surface area (TPSA) is 29.5 Å². The molecule has 0 atom stereocenters. The molecular weight excluding hydrogens is 166 g/mol. The second-order valence-electron chi connectivity index (χ2n) is 2.89. The molecule has 0 unspecified atom stereocenters. The maximum Gasteiger partial charge on any atom is 0.414 e. The van der Waals surface area contributed by atoms with Crippen molar-refractivity contribution < 1.29 is 9.53 Å². The van der Waals surface area contributed by atoms with Crippen LogP contribution in [0.4, 0.5) is 4.79 Å². The Bertz CT molecular complexity index is 221. The Morgan fingerprint density at radius 3 is 3.00 bits per heavy atom. The van der Waals surface area contributed by atoms with E-state index in [1.807, 2.05) is 18.2 Å². The summed E-state index contributed by atoms with van der Waals surface area (Å²) in [6, 6.07) is 0. The molecule has 0 aromatic carbocycles. The lowest BCUT2D eigenvalue weighted by atomic mass is 10.3. The molecule has 0 radical (unpaired) electrons. The summed E-state index contributed by atoms with van der Waals surface area (Å²) in [4.78, 5) is 12.8. The lowest BCUT2D eigenvalue weighted by Gasteiger charge is -2.17. The molecule has 72 valence electrons. The number of carbonyl (C=O) groups excluding carboxylic acids is 1. The van der Waals surface area contributed by atoms with Crippen molar-refractivity contribution in [2.24, 2.45) is 0 Å². The van der Waals surface area contributed by atoms with Gasteiger partial charge in [-0.3, -0.25) is 4.90 Å². The van der Waals surface area contributed by atoms with E-state index in [9.17, 15) is 4.79 Å². The molecule has 1 aliphatic heterocycles. The first kappa shape index (κ1) is 9.84. The predicted octanol–water partition coefficient (Wildman–Crippen LogP) is 2.31. The van der Waals surface area contributed by atoms with Crippen molar-refractivity contribution in [3.8, 4) is 0 Å². The number of nitrogens with zero attached hydrogens (tertiary/aromatic N) is 1. The summed E-state index contributed by atoms with van der Waals surface area (Å²) in [6.07, 6.45) is 9.10. The smallest absolute Gasteiger partial charge is 0.414 e. The van der Waals surface area contributed by atoms with E-state index in [4.69, 9.17) is 4.74 Å². The van der Waals surface area contributed by atoms with Gasteiger partial charge in [-0.05, 0) is 12.5 Å². The van der Waals surface area contributed by atoms with Crippen molar-refractivity contribution in [1.29, 1.82) is 0 Å². The van der Waals surface area contributed by atoms with Gasteiger partial charge in [-0.2, -0.15) is 0 Å². The lowest BCUT2D eigenvalue weighted by molar-refractivity contribution is 0.118. The second-order valence-corrected chi connectivity index (χ2v) is 2.89. The van der Waals surface area contributed by atoms with Crippen molar-refractivity contribution in [1.82, 2.24) is 4.90 Å². The molecule has 0 fully saturated rings. The van der Waals surface area contributed by atoms with E-state index in [0.717, 1.165) is 12.8 Å². The van der Waals surface area contributed by atoms with Gasteiger partial charge in [0.05, 0.1) is 6.61 Å². The van der Waals surface area contributed by atoms with E-state index in [1.165, 1.54) is 0 Å². The summed E-state index contributed by atoms with van der Waals surface area (Å²) in [5.74, 6) is 0. The lowest BCUT2D eigenvalue weighted by Crippen LogP contribution is -2.27. The molecule has 0 aromatic rings. The summed E-state index contributed by atoms with van der Waals surface area (Å²) in [7, 11) is 0. The van der Waals surface area contributed by atoms with Crippen LogP contribution in [-0.4, -0.2) is 24.1 Å². The van der Waals surface area contributed by atoms with E-state index in [2.05, 4.69) is 6.92 Å². The number of ether oxygens (including phenoxy) is 1. The molecule has 0 saturated carbocycles. The maximum absolute atomic E-state index is 11.3. The first-order valence-corrected chi connectivity index (χ1v) is 4.61. The Balaban J connectivity index is 2.23. The number of unbranched alkanes of at least 4 members (excludes halogenated alkanes) is 1. The van der Waals surface area contributed by atoms with Gasteiger partial charge >= 0.3 is 6.09 Å². The summed E-state index contributed by atoms with van der Waals surface area (Å²) >= 11 is 0. The number of hydrogen-bond acceptors (Lipinski definition) is 2. The minimum atomic E-state index is -0.256. The van der Waals surface area contributed by atoms with Crippen LogP contribution in [0.5, 0.6) is 0 Å². The molecule has 0 aliphatic carbocycles. The number of hydrogen-bond donors (Lipinski definition) is 0. The fraction of sp³-hybridized carbons (Fsp3) is 0.500. The number of rotatable bonds is 3. The third-order valence-corrected chi connectivity index (χ3v) is 1.77. The average Bonchev–Trinajstić information content (AvgIpc) is 2.19. The second kappa shape index (κ2) is 5.41. The van der Waals surface area contributed by atoms with Gasteiger partial charge < -0.3 is 4.74 Å². The summed E-state index contributed by atoms with van der Waals surface area (Å²) in [6.45, 7) is 3.20. The van der Waals surface area contributed by atoms with Crippen LogP contribution in [0.1, 0.15) is 19.8 Å². The number of amides is 1. The van der Waals surface area contributed by atoms with Crippen LogP contribution in [0.2, 0.25) is 0 Å². The largest absolute Gasteiger partial charge is 0.449 e. The van der Waals surface area contributed by atoms with Crippen molar-refractivity contribution in [2.45, 2.75) is 19.8 Å². The zero-order valence-electron chi connectivity index (χ0n) is 7.90. The molecule has 3 heteroatoms. The van der Waals surface area contributed by atoms with Gasteiger partial charge in [0.15, 0.2) is 0 Å². The van der Waals surface area contributed by atoms with Gasteiger partial charge in [-0.25, -0.2) is 4.79 Å². The zero-order valence-corrected chi connectivity index (χ0v) is 7.90. The summed E-state index contributed by atoms with van der Waals surface area (Å²) in [5.41, 5.74) is 0. The molecule has 13 heavy (non-hydrogen) atoms. The van der Waals surface area contributed by atoms with Crippen molar-refractivity contribution in [3.63, 3.8) is 0 Å². The minimum absolute atomic E-state index is 0.256. The van der Waals surface area contributed by atoms with Crippen LogP contribution < -0.4 is 0 Å². The first-order valence-electron chi connectivity index (χ1n) is 4.61. The Morgan fingerprint density at radius 2 is 2.38 bits per heavy atom. The van der Waals surface area contributed by atoms with E-state index >= 15 is 0 Å². The van der Waals surface area contributed by atoms with Crippen LogP contribution in [0.25, 0.3) is 0 Å². The van der Waals surface area contributed by atoms with Gasteiger partial charge in [0.2, 0.25) is 0 Å². The Kier molecular flexibility index (Phi) is 4.09. The molecule has 1 amide bonds. The standard InChI is InChI=1S/C10H15NO2/c1-2-3-9-13-10(12)11-7-5-4-6-8-11/h4-7H,2-3,8-9H2,1H3. The van der Waals surface area contributed by atoms with Crippen molar-refractivity contribution in [3.05, 3.63) is 24.4 Å². The first-order chi connectivity index (χ1) is 6.34. The molecule has 1 rings (SSSR count). The van der Waals surface area contributed by atoms with Crippen molar-refractivity contribution >= 4 is 6.09 Å². The molecule has 1 heterocycles. The van der Waals surface area contributed by atoms with Gasteiger partial charge in [0.1, 0.15) is 0 Å². The number of carbonyl (C=O) groups is 1. The Hall–Kier alpha value is -1.25. The SMILES string of the molecule is CCCCOC(=O)N1C=CC=CC1. The quantitative estimate of drug-likeness (QED) is 0.625. The van der Waals surface area contributed by atoms with Crippen LogP contribution in [0, 0.1) is 0 Å². The predicted molar refractivity (Wildman–Crippen MR) is 51.2 cm³/mol. The van der Waals surface area contributed by atoms with Crippen LogP contribution in [-0.2, 0) is 4.74 Å².